The highest BCUT2D eigenvalue weighted by Gasteiger charge is 2.16. The molecule has 0 aliphatic rings. The average molecular weight is 252 g/mol. The van der Waals surface area contributed by atoms with E-state index in [1.165, 1.54) is 0 Å². The summed E-state index contributed by atoms with van der Waals surface area (Å²) in [7, 11) is 0. The average Bonchev–Trinajstić information content (AvgIpc) is 2.57. The zero-order chi connectivity index (χ0) is 12.6. The summed E-state index contributed by atoms with van der Waals surface area (Å²) in [4.78, 5) is 4.27. The van der Waals surface area contributed by atoms with Crippen molar-refractivity contribution in [3.63, 3.8) is 0 Å². The van der Waals surface area contributed by atoms with Gasteiger partial charge in [0.25, 0.3) is 0 Å². The topological polar surface area (TPSA) is 50.9 Å². The second-order valence-electron chi connectivity index (χ2n) is 3.99. The molecule has 2 heterocycles. The van der Waals surface area contributed by atoms with Gasteiger partial charge in [0.2, 0.25) is 0 Å². The Labute approximate surface area is 105 Å². The van der Waals surface area contributed by atoms with E-state index < -0.39 is 6.10 Å². The van der Waals surface area contributed by atoms with E-state index >= 15 is 0 Å². The minimum atomic E-state index is -0.596. The summed E-state index contributed by atoms with van der Waals surface area (Å²) in [5.74, 6) is 0.620. The maximum atomic E-state index is 9.72. The predicted molar refractivity (Wildman–Crippen MR) is 66.5 cm³/mol. The maximum Gasteiger partial charge on any atom is 0.159 e. The molecule has 5 heteroatoms. The Balaban J connectivity index is 2.64. The van der Waals surface area contributed by atoms with Gasteiger partial charge in [-0.05, 0) is 26.8 Å². The Morgan fingerprint density at radius 2 is 2.12 bits per heavy atom. The minimum Gasteiger partial charge on any atom is -0.389 e. The number of aryl methyl sites for hydroxylation is 1. The molecular weight excluding hydrogens is 238 g/mol. The number of hydrogen-bond donors (Lipinski definition) is 1. The lowest BCUT2D eigenvalue weighted by Crippen LogP contribution is -2.07. The van der Waals surface area contributed by atoms with Crippen LogP contribution in [0.3, 0.4) is 0 Å². The van der Waals surface area contributed by atoms with Crippen LogP contribution in [0, 0.1) is 13.8 Å². The van der Waals surface area contributed by atoms with Crippen LogP contribution in [-0.2, 0) is 0 Å². The molecule has 0 aliphatic heterocycles. The van der Waals surface area contributed by atoms with Crippen LogP contribution in [0.2, 0.25) is 5.02 Å². The quantitative estimate of drug-likeness (QED) is 0.893. The lowest BCUT2D eigenvalue weighted by molar-refractivity contribution is 0.198. The fraction of sp³-hybridized carbons (Fsp3) is 0.333. The number of pyridine rings is 1. The van der Waals surface area contributed by atoms with Crippen molar-refractivity contribution >= 4 is 11.6 Å². The number of nitrogens with zero attached hydrogens (tertiary/aromatic N) is 3. The number of rotatable bonds is 2. The predicted octanol–water partition coefficient (Wildman–Crippen LogP) is 2.59. The summed E-state index contributed by atoms with van der Waals surface area (Å²) >= 11 is 6.11. The SMILES string of the molecule is Cc1nn(-c2ncccc2C(C)O)c(C)c1Cl. The molecule has 0 aromatic carbocycles. The Bertz CT molecular complexity index is 549. The van der Waals surface area contributed by atoms with Crippen LogP contribution in [0.1, 0.15) is 30.0 Å². The van der Waals surface area contributed by atoms with E-state index in [1.54, 1.807) is 23.9 Å². The molecule has 4 nitrogen and oxygen atoms in total. The van der Waals surface area contributed by atoms with Gasteiger partial charge in [-0.3, -0.25) is 0 Å². The van der Waals surface area contributed by atoms with Crippen molar-refractivity contribution in [2.45, 2.75) is 26.9 Å². The van der Waals surface area contributed by atoms with Gasteiger partial charge in [0.1, 0.15) is 0 Å². The molecule has 1 N–H and O–H groups in total. The molecule has 2 aromatic heterocycles. The summed E-state index contributed by atoms with van der Waals surface area (Å²) in [5, 5.41) is 14.7. The third-order valence-corrected chi connectivity index (χ3v) is 3.22. The summed E-state index contributed by atoms with van der Waals surface area (Å²) in [6.07, 6.45) is 1.08. The Hall–Kier alpha value is -1.39. The molecule has 0 saturated heterocycles. The first-order valence-electron chi connectivity index (χ1n) is 5.37. The van der Waals surface area contributed by atoms with Crippen LogP contribution in [0.5, 0.6) is 0 Å². The highest BCUT2D eigenvalue weighted by molar-refractivity contribution is 6.31. The number of aliphatic hydroxyl groups is 1. The van der Waals surface area contributed by atoms with Gasteiger partial charge in [-0.25, -0.2) is 9.67 Å². The Kier molecular flexibility index (Phi) is 3.17. The van der Waals surface area contributed by atoms with Crippen LogP contribution in [0.4, 0.5) is 0 Å². The molecule has 0 saturated carbocycles. The smallest absolute Gasteiger partial charge is 0.159 e. The summed E-state index contributed by atoms with van der Waals surface area (Å²) in [6, 6.07) is 3.62. The van der Waals surface area contributed by atoms with Gasteiger partial charge in [-0.15, -0.1) is 0 Å². The van der Waals surface area contributed by atoms with E-state index in [1.807, 2.05) is 19.9 Å². The van der Waals surface area contributed by atoms with Crippen molar-refractivity contribution in [2.24, 2.45) is 0 Å². The van der Waals surface area contributed by atoms with Gasteiger partial charge >= 0.3 is 0 Å². The zero-order valence-electron chi connectivity index (χ0n) is 9.98. The standard InChI is InChI=1S/C12H14ClN3O/c1-7-11(13)8(2)16(15-7)12-10(9(3)17)5-4-6-14-12/h4-6,9,17H,1-3H3. The Morgan fingerprint density at radius 1 is 1.41 bits per heavy atom. The largest absolute Gasteiger partial charge is 0.389 e. The first-order valence-corrected chi connectivity index (χ1v) is 5.75. The molecule has 1 unspecified atom stereocenters. The summed E-state index contributed by atoms with van der Waals surface area (Å²) < 4.78 is 1.67. The van der Waals surface area contributed by atoms with E-state index in [0.717, 1.165) is 17.0 Å². The van der Waals surface area contributed by atoms with E-state index in [0.29, 0.717) is 10.8 Å². The van der Waals surface area contributed by atoms with Crippen LogP contribution in [0.25, 0.3) is 5.82 Å². The van der Waals surface area contributed by atoms with Gasteiger partial charge in [-0.2, -0.15) is 5.10 Å². The second kappa shape index (κ2) is 4.47. The fourth-order valence-electron chi connectivity index (χ4n) is 1.74. The van der Waals surface area contributed by atoms with E-state index in [9.17, 15) is 5.11 Å². The molecule has 2 rings (SSSR count). The van der Waals surface area contributed by atoms with Gasteiger partial charge in [-0.1, -0.05) is 17.7 Å². The van der Waals surface area contributed by atoms with E-state index in [-0.39, 0.29) is 0 Å². The lowest BCUT2D eigenvalue weighted by Gasteiger charge is -2.11. The first-order chi connectivity index (χ1) is 8.02. The van der Waals surface area contributed by atoms with Crippen LogP contribution in [0.15, 0.2) is 18.3 Å². The van der Waals surface area contributed by atoms with Gasteiger partial charge < -0.3 is 5.11 Å². The Morgan fingerprint density at radius 3 is 2.65 bits per heavy atom. The highest BCUT2D eigenvalue weighted by atomic mass is 35.5. The van der Waals surface area contributed by atoms with Crippen molar-refractivity contribution in [2.75, 3.05) is 0 Å². The van der Waals surface area contributed by atoms with Crippen molar-refractivity contribution in [3.05, 3.63) is 40.3 Å². The normalized spacial score (nSPS) is 12.8. The van der Waals surface area contributed by atoms with E-state index in [4.69, 9.17) is 11.6 Å². The molecule has 0 amide bonds. The fourth-order valence-corrected chi connectivity index (χ4v) is 1.86. The first kappa shape index (κ1) is 12.1. The monoisotopic (exact) mass is 251 g/mol. The molecule has 90 valence electrons. The summed E-state index contributed by atoms with van der Waals surface area (Å²) in [6.45, 7) is 5.42. The molecule has 2 aromatic rings. The third-order valence-electron chi connectivity index (χ3n) is 2.67. The van der Waals surface area contributed by atoms with Crippen molar-refractivity contribution in [1.29, 1.82) is 0 Å². The van der Waals surface area contributed by atoms with Crippen molar-refractivity contribution in [1.82, 2.24) is 14.8 Å². The minimum absolute atomic E-state index is 0.596. The maximum absolute atomic E-state index is 9.72. The molecule has 0 aliphatic carbocycles. The molecule has 0 fully saturated rings. The number of hydrogen-bond acceptors (Lipinski definition) is 3. The molecule has 0 radical (unpaired) electrons. The van der Waals surface area contributed by atoms with Gasteiger partial charge in [0, 0.05) is 11.8 Å². The number of halogens is 1. The van der Waals surface area contributed by atoms with Crippen molar-refractivity contribution in [3.8, 4) is 5.82 Å². The van der Waals surface area contributed by atoms with Crippen LogP contribution >= 0.6 is 11.6 Å². The second-order valence-corrected chi connectivity index (χ2v) is 4.37. The molecule has 1 atom stereocenters. The summed E-state index contributed by atoms with van der Waals surface area (Å²) in [5.41, 5.74) is 2.31. The van der Waals surface area contributed by atoms with Crippen LogP contribution < -0.4 is 0 Å². The molecule has 0 bridgehead atoms. The number of aliphatic hydroxyl groups excluding tert-OH is 1. The van der Waals surface area contributed by atoms with Gasteiger partial charge in [0.15, 0.2) is 5.82 Å². The van der Waals surface area contributed by atoms with Crippen molar-refractivity contribution < 1.29 is 5.11 Å². The third kappa shape index (κ3) is 2.06. The molecular formula is C12H14ClN3O. The van der Waals surface area contributed by atoms with E-state index in [2.05, 4.69) is 10.1 Å². The van der Waals surface area contributed by atoms with Gasteiger partial charge in [0.05, 0.1) is 22.5 Å². The molecule has 17 heavy (non-hydrogen) atoms. The zero-order valence-corrected chi connectivity index (χ0v) is 10.7. The number of aromatic nitrogens is 3. The van der Waals surface area contributed by atoms with Crippen LogP contribution in [-0.4, -0.2) is 19.9 Å². The lowest BCUT2D eigenvalue weighted by atomic mass is 10.1. The molecule has 0 spiro atoms. The highest BCUT2D eigenvalue weighted by Crippen LogP contribution is 2.25.